The Bertz CT molecular complexity index is 920. The fourth-order valence-electron chi connectivity index (χ4n) is 2.50. The number of ketones is 1. The van der Waals surface area contributed by atoms with E-state index in [0.717, 1.165) is 16.8 Å². The van der Waals surface area contributed by atoms with Crippen LogP contribution < -0.4 is 4.90 Å². The molecule has 0 aliphatic carbocycles. The van der Waals surface area contributed by atoms with Crippen LogP contribution in [0, 0.1) is 25.2 Å². The number of carbonyl (C=O) groups excluding carboxylic acids is 2. The number of nitriles is 1. The number of hydrogen-bond donors (Lipinski definition) is 0. The van der Waals surface area contributed by atoms with Crippen molar-refractivity contribution < 1.29 is 14.3 Å². The molecule has 0 unspecified atom stereocenters. The fraction of sp³-hybridized carbons (Fsp3) is 0.227. The molecule has 0 aliphatic heterocycles. The van der Waals surface area contributed by atoms with Crippen LogP contribution in [0.1, 0.15) is 27.0 Å². The zero-order valence-electron chi connectivity index (χ0n) is 15.9. The van der Waals surface area contributed by atoms with Crippen LogP contribution in [-0.4, -0.2) is 32.5 Å². The van der Waals surface area contributed by atoms with E-state index in [1.54, 1.807) is 18.2 Å². The summed E-state index contributed by atoms with van der Waals surface area (Å²) in [5, 5.41) is 9.25. The first-order chi connectivity index (χ1) is 12.8. The molecule has 0 amide bonds. The van der Waals surface area contributed by atoms with E-state index in [1.165, 1.54) is 6.08 Å². The topological polar surface area (TPSA) is 70.4 Å². The third-order valence-corrected chi connectivity index (χ3v) is 4.09. The summed E-state index contributed by atoms with van der Waals surface area (Å²) in [5.74, 6) is -1.11. The molecular formula is C22H22N2O3. The second-order valence-corrected chi connectivity index (χ2v) is 6.47. The van der Waals surface area contributed by atoms with Crippen molar-refractivity contribution in [2.45, 2.75) is 13.8 Å². The van der Waals surface area contributed by atoms with Crippen LogP contribution in [0.25, 0.3) is 6.08 Å². The second-order valence-electron chi connectivity index (χ2n) is 6.47. The van der Waals surface area contributed by atoms with Gasteiger partial charge in [0.25, 0.3) is 0 Å². The fourth-order valence-corrected chi connectivity index (χ4v) is 2.50. The number of ether oxygens (including phenoxy) is 1. The van der Waals surface area contributed by atoms with Crippen LogP contribution in [0.2, 0.25) is 0 Å². The average Bonchev–Trinajstić information content (AvgIpc) is 2.66. The number of esters is 1. The molecule has 2 aromatic carbocycles. The monoisotopic (exact) mass is 362 g/mol. The van der Waals surface area contributed by atoms with Crippen molar-refractivity contribution in [1.29, 1.82) is 5.26 Å². The van der Waals surface area contributed by atoms with E-state index in [0.29, 0.717) is 11.1 Å². The summed E-state index contributed by atoms with van der Waals surface area (Å²) in [5.41, 5.74) is 3.85. The van der Waals surface area contributed by atoms with E-state index >= 15 is 0 Å². The predicted octanol–water partition coefficient (Wildman–Crippen LogP) is 3.70. The van der Waals surface area contributed by atoms with Gasteiger partial charge in [-0.3, -0.25) is 4.79 Å². The molecular weight excluding hydrogens is 340 g/mol. The maximum Gasteiger partial charge on any atom is 0.349 e. The minimum Gasteiger partial charge on any atom is -0.453 e. The molecule has 0 aromatic heterocycles. The van der Waals surface area contributed by atoms with Crippen molar-refractivity contribution in [1.82, 2.24) is 0 Å². The third kappa shape index (κ3) is 5.29. The Balaban J connectivity index is 2.07. The lowest BCUT2D eigenvalue weighted by molar-refractivity contribution is -0.137. The van der Waals surface area contributed by atoms with Crippen LogP contribution in [0.3, 0.4) is 0 Å². The largest absolute Gasteiger partial charge is 0.453 e. The van der Waals surface area contributed by atoms with Gasteiger partial charge in [-0.05, 0) is 49.2 Å². The van der Waals surface area contributed by atoms with Gasteiger partial charge in [-0.2, -0.15) is 5.26 Å². The molecule has 0 aliphatic rings. The molecule has 2 aromatic rings. The molecule has 0 heterocycles. The summed E-state index contributed by atoms with van der Waals surface area (Å²) in [4.78, 5) is 26.4. The number of carbonyl (C=O) groups is 2. The van der Waals surface area contributed by atoms with Gasteiger partial charge in [0.1, 0.15) is 11.6 Å². The molecule has 0 bridgehead atoms. The number of rotatable bonds is 6. The average molecular weight is 362 g/mol. The molecule has 138 valence electrons. The summed E-state index contributed by atoms with van der Waals surface area (Å²) in [7, 11) is 3.85. The minimum absolute atomic E-state index is 0.152. The van der Waals surface area contributed by atoms with Crippen LogP contribution in [0.4, 0.5) is 5.69 Å². The lowest BCUT2D eigenvalue weighted by Crippen LogP contribution is -2.16. The molecule has 0 atom stereocenters. The number of anilines is 1. The number of Topliss-reactive ketones (excluding diaryl/α,β-unsaturated/α-hetero) is 1. The smallest absolute Gasteiger partial charge is 0.349 e. The van der Waals surface area contributed by atoms with Crippen LogP contribution in [0.15, 0.2) is 48.0 Å². The van der Waals surface area contributed by atoms with Crippen LogP contribution in [0.5, 0.6) is 0 Å². The zero-order valence-corrected chi connectivity index (χ0v) is 15.9. The molecule has 0 spiro atoms. The predicted molar refractivity (Wildman–Crippen MR) is 106 cm³/mol. The van der Waals surface area contributed by atoms with E-state index in [1.807, 2.05) is 63.2 Å². The zero-order chi connectivity index (χ0) is 20.0. The second kappa shape index (κ2) is 8.81. The highest BCUT2D eigenvalue weighted by molar-refractivity contribution is 6.02. The van der Waals surface area contributed by atoms with Gasteiger partial charge < -0.3 is 9.64 Å². The van der Waals surface area contributed by atoms with Gasteiger partial charge in [-0.15, -0.1) is 0 Å². The molecule has 0 radical (unpaired) electrons. The molecule has 2 rings (SSSR count). The molecule has 0 N–H and O–H groups in total. The van der Waals surface area contributed by atoms with E-state index in [4.69, 9.17) is 4.74 Å². The van der Waals surface area contributed by atoms with E-state index in [-0.39, 0.29) is 11.4 Å². The van der Waals surface area contributed by atoms with Gasteiger partial charge in [0.2, 0.25) is 5.78 Å². The summed E-state index contributed by atoms with van der Waals surface area (Å²) >= 11 is 0. The number of nitrogens with zero attached hydrogens (tertiary/aromatic N) is 2. The van der Waals surface area contributed by atoms with Crippen molar-refractivity contribution in [2.75, 3.05) is 25.6 Å². The van der Waals surface area contributed by atoms with Gasteiger partial charge in [0, 0.05) is 25.3 Å². The van der Waals surface area contributed by atoms with Crippen molar-refractivity contribution in [3.8, 4) is 6.07 Å². The Labute approximate surface area is 159 Å². The normalized spacial score (nSPS) is 10.9. The van der Waals surface area contributed by atoms with Crippen molar-refractivity contribution in [3.63, 3.8) is 0 Å². The number of hydrogen-bond acceptors (Lipinski definition) is 5. The molecule has 27 heavy (non-hydrogen) atoms. The first kappa shape index (κ1) is 19.9. The minimum atomic E-state index is -0.812. The lowest BCUT2D eigenvalue weighted by Gasteiger charge is -2.11. The van der Waals surface area contributed by atoms with Gasteiger partial charge >= 0.3 is 5.97 Å². The maximum absolute atomic E-state index is 12.3. The quantitative estimate of drug-likeness (QED) is 0.339. The van der Waals surface area contributed by atoms with E-state index in [9.17, 15) is 14.9 Å². The maximum atomic E-state index is 12.3. The Morgan fingerprint density at radius 2 is 1.78 bits per heavy atom. The molecule has 0 saturated heterocycles. The van der Waals surface area contributed by atoms with E-state index in [2.05, 4.69) is 0 Å². The summed E-state index contributed by atoms with van der Waals surface area (Å²) in [6, 6.07) is 14.7. The SMILES string of the molecule is Cc1ccc(C)c(C(=O)COC(=O)/C(C#N)=C/c2ccc(N(C)C)cc2)c1. The lowest BCUT2D eigenvalue weighted by atomic mass is 10.0. The van der Waals surface area contributed by atoms with Crippen LogP contribution >= 0.6 is 0 Å². The van der Waals surface area contributed by atoms with Gasteiger partial charge in [0.05, 0.1) is 0 Å². The Morgan fingerprint density at radius 1 is 1.11 bits per heavy atom. The first-order valence-electron chi connectivity index (χ1n) is 8.48. The van der Waals surface area contributed by atoms with Gasteiger partial charge in [-0.1, -0.05) is 29.8 Å². The summed E-state index contributed by atoms with van der Waals surface area (Å²) in [6.45, 7) is 3.31. The highest BCUT2D eigenvalue weighted by atomic mass is 16.5. The van der Waals surface area contributed by atoms with Crippen molar-refractivity contribution >= 4 is 23.5 Å². The highest BCUT2D eigenvalue weighted by Gasteiger charge is 2.15. The van der Waals surface area contributed by atoms with Crippen molar-refractivity contribution in [2.24, 2.45) is 0 Å². The molecule has 0 fully saturated rings. The number of aryl methyl sites for hydroxylation is 2. The summed E-state index contributed by atoms with van der Waals surface area (Å²) in [6.07, 6.45) is 1.45. The van der Waals surface area contributed by atoms with E-state index < -0.39 is 12.6 Å². The molecule has 0 saturated carbocycles. The van der Waals surface area contributed by atoms with Gasteiger partial charge in [0.15, 0.2) is 6.61 Å². The Morgan fingerprint density at radius 3 is 2.37 bits per heavy atom. The molecule has 5 heteroatoms. The van der Waals surface area contributed by atoms with Gasteiger partial charge in [-0.25, -0.2) is 4.79 Å². The highest BCUT2D eigenvalue weighted by Crippen LogP contribution is 2.16. The number of benzene rings is 2. The first-order valence-corrected chi connectivity index (χ1v) is 8.48. The molecule has 5 nitrogen and oxygen atoms in total. The summed E-state index contributed by atoms with van der Waals surface area (Å²) < 4.78 is 5.05. The van der Waals surface area contributed by atoms with Crippen molar-refractivity contribution in [3.05, 3.63) is 70.3 Å². The Kier molecular flexibility index (Phi) is 6.51. The van der Waals surface area contributed by atoms with Crippen LogP contribution in [-0.2, 0) is 9.53 Å². The Hall–Kier alpha value is -3.39. The third-order valence-electron chi connectivity index (χ3n) is 4.09. The standard InChI is InChI=1S/C22H22N2O3/c1-15-5-6-16(2)20(11-15)21(25)14-27-22(26)18(13-23)12-17-7-9-19(10-8-17)24(3)4/h5-12H,14H2,1-4H3/b18-12+.